The number of methoxy groups -OCH3 is 1. The van der Waals surface area contributed by atoms with Crippen LogP contribution in [0.4, 0.5) is 0 Å². The summed E-state index contributed by atoms with van der Waals surface area (Å²) in [5, 5.41) is 9.98. The van der Waals surface area contributed by atoms with Crippen LogP contribution in [0.2, 0.25) is 0 Å². The molecule has 0 amide bonds. The van der Waals surface area contributed by atoms with Crippen molar-refractivity contribution in [2.75, 3.05) is 13.7 Å². The molecule has 0 radical (unpaired) electrons. The van der Waals surface area contributed by atoms with E-state index in [1.165, 1.54) is 0 Å². The third kappa shape index (κ3) is 6.77. The van der Waals surface area contributed by atoms with Crippen molar-refractivity contribution in [2.24, 2.45) is 0 Å². The van der Waals surface area contributed by atoms with E-state index in [2.05, 4.69) is 4.74 Å². The quantitative estimate of drug-likeness (QED) is 0.420. The molecule has 0 bridgehead atoms. The highest BCUT2D eigenvalue weighted by Gasteiger charge is 2.55. The molecule has 0 aromatic rings. The van der Waals surface area contributed by atoms with E-state index in [0.717, 1.165) is 27.9 Å². The average Bonchev–Trinajstić information content (AvgIpc) is 2.63. The molecule has 1 heterocycles. The lowest BCUT2D eigenvalue weighted by molar-refractivity contribution is -0.304. The van der Waals surface area contributed by atoms with E-state index in [9.17, 15) is 24.3 Å². The van der Waals surface area contributed by atoms with Crippen LogP contribution in [0.25, 0.3) is 0 Å². The lowest BCUT2D eigenvalue weighted by Gasteiger charge is -2.43. The fourth-order valence-corrected chi connectivity index (χ4v) is 2.29. The highest BCUT2D eigenvalue weighted by molar-refractivity contribution is 5.77. The molecule has 27 heavy (non-hydrogen) atoms. The fourth-order valence-electron chi connectivity index (χ4n) is 2.29. The zero-order valence-electron chi connectivity index (χ0n) is 20.9. The topological polar surface area (TPSA) is 144 Å². The SMILES string of the molecule is [2H]C([2H])([2H])C([2H])(O)C([2H])([2H])O[C@@H]1O[C@H](C(=O)OC)[C@@H](OC(C)=O)[C@H](OC(C)=O)[C@H]1OC(C)=O. The van der Waals surface area contributed by atoms with Crippen molar-refractivity contribution in [2.45, 2.75) is 64.4 Å². The first-order valence-electron chi connectivity index (χ1n) is 10.5. The van der Waals surface area contributed by atoms with Crippen LogP contribution < -0.4 is 0 Å². The number of ether oxygens (including phenoxy) is 6. The van der Waals surface area contributed by atoms with Crippen LogP contribution in [0.15, 0.2) is 0 Å². The second-order valence-electron chi connectivity index (χ2n) is 5.24. The van der Waals surface area contributed by atoms with Crippen LogP contribution in [0.5, 0.6) is 0 Å². The number of hydrogen-bond donors (Lipinski definition) is 1. The Morgan fingerprint density at radius 3 is 2.07 bits per heavy atom. The molecule has 1 rings (SSSR count). The molecule has 154 valence electrons. The number of hydrogen-bond acceptors (Lipinski definition) is 11. The zero-order chi connectivity index (χ0) is 25.9. The number of carbonyl (C=O) groups is 4. The van der Waals surface area contributed by atoms with Gasteiger partial charge in [-0.2, -0.15) is 0 Å². The van der Waals surface area contributed by atoms with Crippen LogP contribution in [-0.4, -0.2) is 79.4 Å². The van der Waals surface area contributed by atoms with Gasteiger partial charge in [-0.25, -0.2) is 4.79 Å². The standard InChI is InChI=1S/C16H24O11/c1-7(17)6-23-16-14(26-10(4)20)12(25-9(3)19)11(24-8(2)18)13(27-16)15(21)22-5/h7,11-14,16-17H,6H2,1-5H3/t7?,11-,12-,13-,14+,16+/m0/s1/i1D3,6D2,7D. The Balaban J connectivity index is 3.58. The van der Waals surface area contributed by atoms with Gasteiger partial charge in [-0.3, -0.25) is 14.4 Å². The van der Waals surface area contributed by atoms with Gasteiger partial charge in [0.05, 0.1) is 23.9 Å². The van der Waals surface area contributed by atoms with E-state index in [4.69, 9.17) is 31.9 Å². The Kier molecular flexibility index (Phi) is 5.57. The van der Waals surface area contributed by atoms with Crippen molar-refractivity contribution in [3.63, 3.8) is 0 Å². The second-order valence-corrected chi connectivity index (χ2v) is 5.24. The third-order valence-electron chi connectivity index (χ3n) is 3.11. The van der Waals surface area contributed by atoms with Gasteiger partial charge in [-0.05, 0) is 6.85 Å². The third-order valence-corrected chi connectivity index (χ3v) is 3.11. The van der Waals surface area contributed by atoms with E-state index < -0.39 is 74.1 Å². The molecule has 1 saturated heterocycles. The summed E-state index contributed by atoms with van der Waals surface area (Å²) in [5.41, 5.74) is 0. The summed E-state index contributed by atoms with van der Waals surface area (Å²) in [6.45, 7) is -4.59. The molecule has 1 unspecified atom stereocenters. The first kappa shape index (κ1) is 14.8. The van der Waals surface area contributed by atoms with Gasteiger partial charge in [0, 0.05) is 24.9 Å². The lowest BCUT2D eigenvalue weighted by Crippen LogP contribution is -2.64. The predicted molar refractivity (Wildman–Crippen MR) is 85.0 cm³/mol. The Labute approximate surface area is 164 Å². The summed E-state index contributed by atoms with van der Waals surface area (Å²) in [7, 11) is 0.918. The molecule has 6 atom stereocenters. The maximum Gasteiger partial charge on any atom is 0.339 e. The van der Waals surface area contributed by atoms with Crippen molar-refractivity contribution in [3.05, 3.63) is 0 Å². The van der Waals surface area contributed by atoms with Gasteiger partial charge >= 0.3 is 23.9 Å². The Hall–Kier alpha value is -2.24. The summed E-state index contributed by atoms with van der Waals surface area (Å²) >= 11 is 0. The van der Waals surface area contributed by atoms with Gasteiger partial charge in [-0.15, -0.1) is 0 Å². The zero-order valence-corrected chi connectivity index (χ0v) is 14.9. The first-order chi connectivity index (χ1) is 14.9. The molecule has 0 spiro atoms. The molecule has 11 heteroatoms. The van der Waals surface area contributed by atoms with Crippen LogP contribution in [0.1, 0.15) is 35.8 Å². The Bertz CT molecular complexity index is 769. The molecule has 1 N–H and O–H groups in total. The average molecular weight is 398 g/mol. The normalized spacial score (nSPS) is 34.0. The molecule has 1 aliphatic rings. The van der Waals surface area contributed by atoms with Gasteiger partial charge in [0.2, 0.25) is 0 Å². The fraction of sp³-hybridized carbons (Fsp3) is 0.750. The van der Waals surface area contributed by atoms with Crippen molar-refractivity contribution >= 4 is 23.9 Å². The summed E-state index contributed by atoms with van der Waals surface area (Å²) < 4.78 is 74.4. The monoisotopic (exact) mass is 398 g/mol. The van der Waals surface area contributed by atoms with Crippen LogP contribution in [0.3, 0.4) is 0 Å². The van der Waals surface area contributed by atoms with Crippen molar-refractivity contribution < 1.29 is 60.9 Å². The Morgan fingerprint density at radius 1 is 1.07 bits per heavy atom. The van der Waals surface area contributed by atoms with Crippen LogP contribution >= 0.6 is 0 Å². The van der Waals surface area contributed by atoms with Gasteiger partial charge in [0.25, 0.3) is 0 Å². The summed E-state index contributed by atoms with van der Waals surface area (Å²) in [6, 6.07) is 0. The molecule has 1 fully saturated rings. The molecular formula is C16H24O11. The lowest BCUT2D eigenvalue weighted by atomic mass is 9.97. The van der Waals surface area contributed by atoms with Gasteiger partial charge < -0.3 is 33.5 Å². The molecule has 0 aromatic carbocycles. The Morgan fingerprint density at radius 2 is 1.59 bits per heavy atom. The smallest absolute Gasteiger partial charge is 0.339 e. The van der Waals surface area contributed by atoms with E-state index in [1.54, 1.807) is 0 Å². The molecule has 0 aliphatic carbocycles. The number of rotatable bonds is 7. The van der Waals surface area contributed by atoms with Crippen molar-refractivity contribution in [3.8, 4) is 0 Å². The summed E-state index contributed by atoms with van der Waals surface area (Å²) in [6.07, 6.45) is -13.6. The largest absolute Gasteiger partial charge is 0.467 e. The minimum atomic E-state index is -3.87. The molecule has 0 aromatic heterocycles. The van der Waals surface area contributed by atoms with E-state index in [1.807, 2.05) is 0 Å². The van der Waals surface area contributed by atoms with Crippen molar-refractivity contribution in [1.29, 1.82) is 0 Å². The molecular weight excluding hydrogens is 368 g/mol. The summed E-state index contributed by atoms with van der Waals surface area (Å²) in [4.78, 5) is 47.2. The predicted octanol–water partition coefficient (Wildman–Crippen LogP) is -0.923. The first-order valence-corrected chi connectivity index (χ1v) is 7.51. The summed E-state index contributed by atoms with van der Waals surface area (Å²) in [5.74, 6) is -4.26. The van der Waals surface area contributed by atoms with E-state index >= 15 is 0 Å². The number of carbonyl (C=O) groups excluding carboxylic acids is 4. The minimum absolute atomic E-state index is 0.896. The van der Waals surface area contributed by atoms with E-state index in [0.29, 0.717) is 0 Å². The van der Waals surface area contributed by atoms with Gasteiger partial charge in [0.1, 0.15) is 0 Å². The maximum absolute atomic E-state index is 12.3. The van der Waals surface area contributed by atoms with Crippen LogP contribution in [0, 0.1) is 0 Å². The molecule has 1 aliphatic heterocycles. The van der Waals surface area contributed by atoms with Crippen molar-refractivity contribution in [1.82, 2.24) is 0 Å². The second kappa shape index (κ2) is 10.2. The van der Waals surface area contributed by atoms with Crippen LogP contribution in [-0.2, 0) is 47.6 Å². The van der Waals surface area contributed by atoms with E-state index in [-0.39, 0.29) is 0 Å². The highest BCUT2D eigenvalue weighted by atomic mass is 16.7. The molecule has 11 nitrogen and oxygen atoms in total. The molecule has 0 saturated carbocycles. The minimum Gasteiger partial charge on any atom is -0.467 e. The number of aliphatic hydroxyl groups is 1. The highest BCUT2D eigenvalue weighted by Crippen LogP contribution is 2.30. The maximum atomic E-state index is 12.3. The van der Waals surface area contributed by atoms with Gasteiger partial charge in [-0.1, -0.05) is 0 Å². The number of esters is 4. The van der Waals surface area contributed by atoms with Gasteiger partial charge in [0.15, 0.2) is 30.7 Å².